The fraction of sp³-hybridized carbons (Fsp3) is 0.932. The number of carboxylic acid groups (broad SMARTS) is 1. The van der Waals surface area contributed by atoms with Crippen molar-refractivity contribution in [3.05, 3.63) is 0 Å². The van der Waals surface area contributed by atoms with Gasteiger partial charge in [-0.15, -0.1) is 0 Å². The molecule has 3 unspecified atom stereocenters. The maximum absolute atomic E-state index is 13.2. The minimum Gasteiger partial charge on any atom is -0.546 e. The summed E-state index contributed by atoms with van der Waals surface area (Å²) in [6.45, 7) is 6.26. The van der Waals surface area contributed by atoms with Gasteiger partial charge in [-0.25, -0.2) is 0 Å². The van der Waals surface area contributed by atoms with Crippen LogP contribution in [0.15, 0.2) is 0 Å². The summed E-state index contributed by atoms with van der Waals surface area (Å²) in [5, 5.41) is 33.4. The average Bonchev–Trinajstić information content (AvgIpc) is 3.10. The van der Waals surface area contributed by atoms with E-state index in [-0.39, 0.29) is 6.42 Å². The highest BCUT2D eigenvalue weighted by molar-refractivity contribution is 6.11. The van der Waals surface area contributed by atoms with Crippen LogP contribution in [0.5, 0.6) is 0 Å². The van der Waals surface area contributed by atoms with Crippen LogP contribution < -0.4 is 10.0 Å². The third kappa shape index (κ3) is 29.8. The molecule has 0 amide bonds. The molecule has 3 N–H and O–H groups in total. The lowest BCUT2D eigenvalue weighted by Crippen LogP contribution is -3.02. The lowest BCUT2D eigenvalue weighted by atomic mass is 9.79. The summed E-state index contributed by atoms with van der Waals surface area (Å²) < 4.78 is 0. The van der Waals surface area contributed by atoms with Crippen molar-refractivity contribution in [1.29, 1.82) is 0 Å². The van der Waals surface area contributed by atoms with Crippen LogP contribution in [0.3, 0.4) is 0 Å². The molecule has 0 aliphatic heterocycles. The molecule has 0 aliphatic rings. The van der Waals surface area contributed by atoms with E-state index in [1.54, 1.807) is 6.92 Å². The number of aliphatic carboxylic acids is 1. The minimum atomic E-state index is -3.19. The fourth-order valence-electron chi connectivity index (χ4n) is 6.80. The van der Waals surface area contributed by atoms with Gasteiger partial charge in [0.25, 0.3) is 0 Å². The van der Waals surface area contributed by atoms with Crippen molar-refractivity contribution in [2.45, 2.75) is 238 Å². The number of nitrogens with one attached hydrogen (secondary N) is 1. The van der Waals surface area contributed by atoms with Crippen LogP contribution in [0.25, 0.3) is 0 Å². The van der Waals surface area contributed by atoms with E-state index < -0.39 is 35.2 Å². The zero-order valence-electron chi connectivity index (χ0n) is 34.8. The lowest BCUT2D eigenvalue weighted by molar-refractivity contribution is -0.836. The van der Waals surface area contributed by atoms with Gasteiger partial charge in [-0.05, 0) is 19.3 Å². The second-order valence-corrected chi connectivity index (χ2v) is 16.0. The quantitative estimate of drug-likeness (QED) is 0.0435. The van der Waals surface area contributed by atoms with Crippen LogP contribution in [0.2, 0.25) is 0 Å². The van der Waals surface area contributed by atoms with Gasteiger partial charge in [-0.2, -0.15) is 0 Å². The van der Waals surface area contributed by atoms with Crippen LogP contribution in [-0.2, 0) is 14.4 Å². The van der Waals surface area contributed by atoms with E-state index >= 15 is 0 Å². The highest BCUT2D eigenvalue weighted by Crippen LogP contribution is 2.26. The molecule has 0 radical (unpaired) electrons. The van der Waals surface area contributed by atoms with Gasteiger partial charge in [-0.1, -0.05) is 201 Å². The number of rotatable bonds is 37. The monoisotopic (exact) mass is 726 g/mol. The Balaban J connectivity index is 0. The Labute approximate surface area is 316 Å². The number of carbonyl (C=O) groups is 3. The number of quaternary nitrogens is 1. The van der Waals surface area contributed by atoms with Crippen molar-refractivity contribution >= 4 is 17.5 Å². The van der Waals surface area contributed by atoms with E-state index in [1.165, 1.54) is 140 Å². The van der Waals surface area contributed by atoms with Crippen molar-refractivity contribution in [1.82, 2.24) is 0 Å². The first-order valence-corrected chi connectivity index (χ1v) is 22.0. The molecule has 0 heterocycles. The summed E-state index contributed by atoms with van der Waals surface area (Å²) in [6.07, 6.45) is 33.2. The molecule has 0 saturated heterocycles. The summed E-state index contributed by atoms with van der Waals surface area (Å²) in [4.78, 5) is 39.2. The zero-order valence-corrected chi connectivity index (χ0v) is 34.8. The number of unbranched alkanes of at least 4 members (excludes halogenated alkanes) is 27. The van der Waals surface area contributed by atoms with Crippen LogP contribution >= 0.6 is 0 Å². The van der Waals surface area contributed by atoms with Gasteiger partial charge in [0.2, 0.25) is 0 Å². The van der Waals surface area contributed by atoms with E-state index in [2.05, 4.69) is 35.0 Å². The van der Waals surface area contributed by atoms with E-state index in [0.717, 1.165) is 44.9 Å². The van der Waals surface area contributed by atoms with Gasteiger partial charge in [0.1, 0.15) is 0 Å². The largest absolute Gasteiger partial charge is 0.546 e. The second-order valence-electron chi connectivity index (χ2n) is 16.0. The Kier molecular flexibility index (Phi) is 37.6. The van der Waals surface area contributed by atoms with Gasteiger partial charge < -0.3 is 25.0 Å². The zero-order chi connectivity index (χ0) is 38.6. The van der Waals surface area contributed by atoms with Crippen LogP contribution in [-0.4, -0.2) is 60.6 Å². The maximum atomic E-state index is 13.2. The van der Waals surface area contributed by atoms with E-state index in [9.17, 15) is 29.7 Å². The molecule has 0 aromatic heterocycles. The van der Waals surface area contributed by atoms with Gasteiger partial charge in [0, 0.05) is 12.3 Å². The van der Waals surface area contributed by atoms with Crippen molar-refractivity contribution in [2.75, 3.05) is 21.1 Å². The van der Waals surface area contributed by atoms with E-state index in [1.807, 2.05) is 0 Å². The number of hydrogen-bond acceptors (Lipinski definition) is 6. The fourth-order valence-corrected chi connectivity index (χ4v) is 6.80. The summed E-state index contributed by atoms with van der Waals surface area (Å²) in [5.41, 5.74) is -3.19. The van der Waals surface area contributed by atoms with Gasteiger partial charge in [0.15, 0.2) is 23.3 Å². The molecule has 304 valence electrons. The molecule has 7 heteroatoms. The average molecular weight is 726 g/mol. The summed E-state index contributed by atoms with van der Waals surface area (Å²) >= 11 is 0. The predicted molar refractivity (Wildman–Crippen MR) is 213 cm³/mol. The SMILES string of the molecule is CCCCCCCCCCCCCCCCCC(=O)C(O)C(O)(C(=O)[O-])C(=O)C(CC)CCCCCCCCCCCCCCCC.C[NH+](C)C. The molecule has 0 bridgehead atoms. The normalized spacial score (nSPS) is 13.7. The predicted octanol–water partition coefficient (Wildman–Crippen LogP) is 8.89. The number of carboxylic acids is 1. The van der Waals surface area contributed by atoms with Crippen molar-refractivity contribution in [3.8, 4) is 0 Å². The number of ketones is 2. The van der Waals surface area contributed by atoms with Crippen LogP contribution in [0, 0.1) is 5.92 Å². The van der Waals surface area contributed by atoms with Crippen LogP contribution in [0.1, 0.15) is 226 Å². The molecule has 51 heavy (non-hydrogen) atoms. The standard InChI is InChI=1S/C41H78O6.C3H9N/c1-4-7-9-11-13-15-17-19-21-23-25-27-29-31-33-35-37(42)39(44)41(47,40(45)46)38(43)36(6-3)34-32-30-28-26-24-22-20-18-16-14-12-10-8-5-2;1-4(2)3/h36,39,44,47H,4-35H2,1-3H3,(H,45,46);1-3H3. The van der Waals surface area contributed by atoms with Crippen molar-refractivity contribution in [2.24, 2.45) is 5.92 Å². The third-order valence-electron chi connectivity index (χ3n) is 10.2. The first-order valence-electron chi connectivity index (χ1n) is 22.0. The van der Waals surface area contributed by atoms with Gasteiger partial charge in [-0.3, -0.25) is 9.59 Å². The molecular weight excluding hydrogens is 638 g/mol. The van der Waals surface area contributed by atoms with Crippen molar-refractivity contribution in [3.63, 3.8) is 0 Å². The molecule has 7 nitrogen and oxygen atoms in total. The smallest absolute Gasteiger partial charge is 0.195 e. The summed E-state index contributed by atoms with van der Waals surface area (Å²) in [6, 6.07) is 0. The van der Waals surface area contributed by atoms with E-state index in [4.69, 9.17) is 0 Å². The second kappa shape index (κ2) is 37.0. The first-order chi connectivity index (χ1) is 24.5. The highest BCUT2D eigenvalue weighted by atomic mass is 16.4. The maximum Gasteiger partial charge on any atom is 0.195 e. The molecule has 0 aromatic carbocycles. The molecule has 0 spiro atoms. The third-order valence-corrected chi connectivity index (χ3v) is 10.2. The van der Waals surface area contributed by atoms with Crippen LogP contribution in [0.4, 0.5) is 0 Å². The summed E-state index contributed by atoms with van der Waals surface area (Å²) in [5.74, 6) is -4.61. The molecule has 3 atom stereocenters. The molecule has 0 aliphatic carbocycles. The Bertz CT molecular complexity index is 800. The summed E-state index contributed by atoms with van der Waals surface area (Å²) in [7, 11) is 6.25. The van der Waals surface area contributed by atoms with E-state index in [0.29, 0.717) is 19.3 Å². The Morgan fingerprint density at radius 1 is 0.529 bits per heavy atom. The number of Topliss-reactive ketones (excluding diaryl/α,β-unsaturated/α-hetero) is 2. The number of aliphatic hydroxyl groups excluding tert-OH is 1. The Hall–Kier alpha value is -1.31. The minimum absolute atomic E-state index is 0.0575. The number of carbonyl (C=O) groups excluding carboxylic acids is 3. The van der Waals surface area contributed by atoms with Gasteiger partial charge in [0.05, 0.1) is 27.1 Å². The lowest BCUT2D eigenvalue weighted by Gasteiger charge is -2.34. The first kappa shape index (κ1) is 51.8. The highest BCUT2D eigenvalue weighted by Gasteiger charge is 2.49. The Morgan fingerprint density at radius 2 is 0.804 bits per heavy atom. The molecule has 0 aromatic rings. The number of hydrogen-bond donors (Lipinski definition) is 3. The molecule has 0 rings (SSSR count). The molecular formula is C44H87NO6. The molecule has 0 saturated carbocycles. The Morgan fingerprint density at radius 3 is 1.08 bits per heavy atom. The van der Waals surface area contributed by atoms with Gasteiger partial charge >= 0.3 is 0 Å². The number of aliphatic hydroxyl groups is 2. The van der Waals surface area contributed by atoms with Crippen molar-refractivity contribution < 1.29 is 34.6 Å². The topological polar surface area (TPSA) is 119 Å². The molecule has 0 fully saturated rings.